The van der Waals surface area contributed by atoms with Crippen molar-refractivity contribution in [2.45, 2.75) is 31.8 Å². The molecule has 0 rings (SSSR count). The Morgan fingerprint density at radius 3 is 1.50 bits per heavy atom. The minimum Gasteiger partial charge on any atom is -0.389 e. The third kappa shape index (κ3) is 1.67. The van der Waals surface area contributed by atoms with E-state index in [4.69, 9.17) is 10.2 Å². The summed E-state index contributed by atoms with van der Waals surface area (Å²) < 4.78 is 0. The van der Waals surface area contributed by atoms with Gasteiger partial charge in [-0.25, -0.2) is 0 Å². The van der Waals surface area contributed by atoms with E-state index >= 15 is 0 Å². The van der Waals surface area contributed by atoms with Gasteiger partial charge in [-0.05, 0) is 20.9 Å². The molecule has 10 heavy (non-hydrogen) atoms. The molecule has 0 aliphatic rings. The van der Waals surface area contributed by atoms with Crippen molar-refractivity contribution in [2.24, 2.45) is 0 Å². The summed E-state index contributed by atoms with van der Waals surface area (Å²) in [7, 11) is 1.47. The van der Waals surface area contributed by atoms with Gasteiger partial charge in [0.1, 0.15) is 0 Å². The highest BCUT2D eigenvalue weighted by atomic mass is 16.4. The van der Waals surface area contributed by atoms with Gasteiger partial charge in [0.15, 0.2) is 5.72 Å². The van der Waals surface area contributed by atoms with Crippen LogP contribution in [0.15, 0.2) is 0 Å². The molecule has 4 heteroatoms. The molecule has 0 aliphatic carbocycles. The molecule has 0 amide bonds. The highest BCUT2D eigenvalue weighted by molar-refractivity contribution is 4.84. The smallest absolute Gasteiger partial charge is 0.167 e. The average Bonchev–Trinajstić information content (AvgIpc) is 1.85. The summed E-state index contributed by atoms with van der Waals surface area (Å²) in [6.07, 6.45) is -2.00. The molecule has 0 saturated carbocycles. The molecular formula is C6H15NO3. The van der Waals surface area contributed by atoms with Crippen LogP contribution in [0.2, 0.25) is 0 Å². The van der Waals surface area contributed by atoms with Crippen LogP contribution in [-0.4, -0.2) is 40.3 Å². The minimum atomic E-state index is -1.60. The molecule has 0 heterocycles. The molecular weight excluding hydrogens is 134 g/mol. The highest BCUT2D eigenvalue weighted by Gasteiger charge is 2.35. The van der Waals surface area contributed by atoms with Gasteiger partial charge in [-0.2, -0.15) is 0 Å². The van der Waals surface area contributed by atoms with Crippen LogP contribution in [0.3, 0.4) is 0 Å². The van der Waals surface area contributed by atoms with Crippen molar-refractivity contribution < 1.29 is 15.3 Å². The van der Waals surface area contributed by atoms with E-state index in [-0.39, 0.29) is 0 Å². The first-order valence-corrected chi connectivity index (χ1v) is 3.22. The maximum absolute atomic E-state index is 9.36. The zero-order chi connectivity index (χ0) is 8.36. The van der Waals surface area contributed by atoms with Crippen molar-refractivity contribution in [1.29, 1.82) is 0 Å². The maximum Gasteiger partial charge on any atom is 0.167 e. The fourth-order valence-electron chi connectivity index (χ4n) is 0.767. The van der Waals surface area contributed by atoms with Gasteiger partial charge in [0.05, 0.1) is 12.2 Å². The second kappa shape index (κ2) is 3.30. The summed E-state index contributed by atoms with van der Waals surface area (Å²) in [5.74, 6) is 0. The number of aliphatic hydroxyl groups excluding tert-OH is 2. The molecule has 4 nitrogen and oxygen atoms in total. The van der Waals surface area contributed by atoms with Crippen molar-refractivity contribution in [3.05, 3.63) is 0 Å². The third-order valence-electron chi connectivity index (χ3n) is 1.67. The van der Waals surface area contributed by atoms with Crippen molar-refractivity contribution in [3.63, 3.8) is 0 Å². The van der Waals surface area contributed by atoms with E-state index in [0.29, 0.717) is 0 Å². The van der Waals surface area contributed by atoms with Crippen molar-refractivity contribution in [2.75, 3.05) is 7.05 Å². The molecule has 0 radical (unpaired) electrons. The predicted molar refractivity (Wildman–Crippen MR) is 37.4 cm³/mol. The van der Waals surface area contributed by atoms with Crippen LogP contribution in [0.1, 0.15) is 13.8 Å². The Hall–Kier alpha value is -0.160. The Kier molecular flexibility index (Phi) is 3.24. The van der Waals surface area contributed by atoms with E-state index in [1.54, 1.807) is 0 Å². The molecule has 2 unspecified atom stereocenters. The van der Waals surface area contributed by atoms with Crippen LogP contribution < -0.4 is 5.32 Å². The molecule has 0 aromatic carbocycles. The Balaban J connectivity index is 4.23. The van der Waals surface area contributed by atoms with Gasteiger partial charge in [-0.3, -0.25) is 5.32 Å². The SMILES string of the molecule is CNC(O)(C(C)O)C(C)O. The van der Waals surface area contributed by atoms with Crippen molar-refractivity contribution in [3.8, 4) is 0 Å². The van der Waals surface area contributed by atoms with Gasteiger partial charge in [-0.15, -0.1) is 0 Å². The second-order valence-corrected chi connectivity index (χ2v) is 2.43. The van der Waals surface area contributed by atoms with E-state index in [2.05, 4.69) is 5.32 Å². The summed E-state index contributed by atoms with van der Waals surface area (Å²) in [5.41, 5.74) is -1.60. The number of aliphatic hydroxyl groups is 3. The molecule has 0 aromatic rings. The normalized spacial score (nSPS) is 23.4. The molecule has 62 valence electrons. The van der Waals surface area contributed by atoms with Crippen molar-refractivity contribution in [1.82, 2.24) is 5.32 Å². The van der Waals surface area contributed by atoms with Crippen LogP contribution in [0.4, 0.5) is 0 Å². The lowest BCUT2D eigenvalue weighted by Gasteiger charge is -2.33. The maximum atomic E-state index is 9.36. The molecule has 0 fully saturated rings. The summed E-state index contributed by atoms with van der Waals surface area (Å²) in [6, 6.07) is 0. The average molecular weight is 149 g/mol. The Labute approximate surface area is 60.5 Å². The summed E-state index contributed by atoms with van der Waals surface area (Å²) in [5, 5.41) is 29.7. The van der Waals surface area contributed by atoms with Crippen LogP contribution >= 0.6 is 0 Å². The topological polar surface area (TPSA) is 72.7 Å². The summed E-state index contributed by atoms with van der Waals surface area (Å²) in [4.78, 5) is 0. The molecule has 4 N–H and O–H groups in total. The monoisotopic (exact) mass is 149 g/mol. The van der Waals surface area contributed by atoms with Crippen LogP contribution in [-0.2, 0) is 0 Å². The molecule has 2 atom stereocenters. The number of hydrogen-bond acceptors (Lipinski definition) is 4. The number of hydrogen-bond donors (Lipinski definition) is 4. The van der Waals surface area contributed by atoms with Crippen molar-refractivity contribution >= 4 is 0 Å². The number of nitrogens with one attached hydrogen (secondary N) is 1. The summed E-state index contributed by atoms with van der Waals surface area (Å²) in [6.45, 7) is 2.81. The third-order valence-corrected chi connectivity index (χ3v) is 1.67. The summed E-state index contributed by atoms with van der Waals surface area (Å²) >= 11 is 0. The number of rotatable bonds is 3. The van der Waals surface area contributed by atoms with E-state index in [1.807, 2.05) is 0 Å². The van der Waals surface area contributed by atoms with Gasteiger partial charge in [0, 0.05) is 0 Å². The highest BCUT2D eigenvalue weighted by Crippen LogP contribution is 2.10. The van der Waals surface area contributed by atoms with E-state index < -0.39 is 17.9 Å². The molecule has 0 saturated heterocycles. The minimum absolute atomic E-state index is 1.00. The standard InChI is InChI=1S/C6H15NO3/c1-4(8)6(10,7-3)5(2)9/h4-5,7-10H,1-3H3. The fraction of sp³-hybridized carbons (Fsp3) is 1.00. The zero-order valence-corrected chi connectivity index (χ0v) is 6.50. The zero-order valence-electron chi connectivity index (χ0n) is 6.50. The lowest BCUT2D eigenvalue weighted by atomic mass is 10.0. The second-order valence-electron chi connectivity index (χ2n) is 2.43. The predicted octanol–water partition coefficient (Wildman–Crippen LogP) is -1.34. The lowest BCUT2D eigenvalue weighted by molar-refractivity contribution is -0.150. The van der Waals surface area contributed by atoms with Crippen LogP contribution in [0.25, 0.3) is 0 Å². The quantitative estimate of drug-likeness (QED) is 0.375. The first-order chi connectivity index (χ1) is 4.45. The van der Waals surface area contributed by atoms with Gasteiger partial charge >= 0.3 is 0 Å². The van der Waals surface area contributed by atoms with Gasteiger partial charge < -0.3 is 15.3 Å². The first kappa shape index (κ1) is 9.84. The Bertz CT molecular complexity index is 95.2. The molecule has 0 spiro atoms. The van der Waals surface area contributed by atoms with E-state index in [1.165, 1.54) is 20.9 Å². The Morgan fingerprint density at radius 2 is 1.50 bits per heavy atom. The van der Waals surface area contributed by atoms with Gasteiger partial charge in [0.25, 0.3) is 0 Å². The van der Waals surface area contributed by atoms with E-state index in [0.717, 1.165) is 0 Å². The largest absolute Gasteiger partial charge is 0.389 e. The van der Waals surface area contributed by atoms with Gasteiger partial charge in [-0.1, -0.05) is 0 Å². The van der Waals surface area contributed by atoms with Gasteiger partial charge in [0.2, 0.25) is 0 Å². The molecule has 0 aromatic heterocycles. The van der Waals surface area contributed by atoms with Crippen LogP contribution in [0.5, 0.6) is 0 Å². The van der Waals surface area contributed by atoms with Crippen LogP contribution in [0, 0.1) is 0 Å². The fourth-order valence-corrected chi connectivity index (χ4v) is 0.767. The number of likely N-dealkylation sites (N-methyl/N-ethyl adjacent to an activating group) is 1. The lowest BCUT2D eigenvalue weighted by Crippen LogP contribution is -2.59. The molecule has 0 aliphatic heterocycles. The molecule has 0 bridgehead atoms. The Morgan fingerprint density at radius 1 is 1.20 bits per heavy atom. The van der Waals surface area contributed by atoms with E-state index in [9.17, 15) is 5.11 Å². The first-order valence-electron chi connectivity index (χ1n) is 3.22.